The Bertz CT molecular complexity index is 672. The van der Waals surface area contributed by atoms with E-state index in [-0.39, 0.29) is 73.1 Å². The van der Waals surface area contributed by atoms with Gasteiger partial charge < -0.3 is 27.9 Å². The van der Waals surface area contributed by atoms with E-state index in [4.69, 9.17) is 9.84 Å². The summed E-state index contributed by atoms with van der Waals surface area (Å²) in [7, 11) is 0. The van der Waals surface area contributed by atoms with Crippen LogP contribution in [0.2, 0.25) is 0 Å². The number of aliphatic hydroxyl groups excluding tert-OH is 3. The average molecular weight is 316 g/mol. The zero-order valence-electron chi connectivity index (χ0n) is 13.7. The van der Waals surface area contributed by atoms with Gasteiger partial charge >= 0.3 is 59.1 Å². The molecule has 0 aromatic carbocycles. The van der Waals surface area contributed by atoms with E-state index in [1.807, 2.05) is 0 Å². The molecule has 9 nitrogen and oxygen atoms in total. The van der Waals surface area contributed by atoms with Gasteiger partial charge in [-0.2, -0.15) is 0 Å². The third kappa shape index (κ3) is 3.27. The number of nitrogens with zero attached hydrogens (tertiary/aromatic N) is 3. The molecule has 0 spiro atoms. The van der Waals surface area contributed by atoms with Crippen LogP contribution < -0.4 is 64.7 Å². The van der Waals surface area contributed by atoms with Gasteiger partial charge in [0.2, 0.25) is 0 Å². The number of H-pyrrole nitrogens is 1. The molecule has 11 heteroatoms. The van der Waals surface area contributed by atoms with Crippen LogP contribution >= 0.6 is 0 Å². The van der Waals surface area contributed by atoms with E-state index in [1.54, 1.807) is 0 Å². The van der Waals surface area contributed by atoms with E-state index in [0.29, 0.717) is 0 Å². The van der Waals surface area contributed by atoms with Crippen LogP contribution in [-0.2, 0) is 4.74 Å². The van der Waals surface area contributed by atoms with Gasteiger partial charge in [-0.3, -0.25) is 9.36 Å². The first-order valence-electron chi connectivity index (χ1n) is 5.66. The number of fused-ring (bicyclic) bond motifs is 1. The number of rotatable bonds is 2. The van der Waals surface area contributed by atoms with E-state index in [0.717, 1.165) is 0 Å². The van der Waals surface area contributed by atoms with Gasteiger partial charge in [0.25, 0.3) is 5.56 Å². The fourth-order valence-electron chi connectivity index (χ4n) is 2.16. The summed E-state index contributed by atoms with van der Waals surface area (Å²) < 4.78 is 6.70. The first-order valence-corrected chi connectivity index (χ1v) is 5.66. The zero-order valence-corrected chi connectivity index (χ0v) is 15.7. The van der Waals surface area contributed by atoms with Crippen LogP contribution in [0.3, 0.4) is 0 Å². The molecule has 2 aromatic heterocycles. The summed E-state index contributed by atoms with van der Waals surface area (Å²) in [6.45, 7) is -0.421. The minimum Gasteiger partial charge on any atom is -1.00 e. The third-order valence-corrected chi connectivity index (χ3v) is 3.16. The summed E-state index contributed by atoms with van der Waals surface area (Å²) in [4.78, 5) is 21.8. The van der Waals surface area contributed by atoms with Crippen molar-refractivity contribution in [3.8, 4) is 0 Å². The Morgan fingerprint density at radius 2 is 2.05 bits per heavy atom. The molecule has 1 aliphatic rings. The Hall–Kier alpha value is 0.190. The largest absolute Gasteiger partial charge is 1.00 e. The Balaban J connectivity index is 0. The maximum absolute atomic E-state index is 11.5. The average Bonchev–Trinajstić information content (AvgIpc) is 2.94. The van der Waals surface area contributed by atoms with E-state index >= 15 is 0 Å². The van der Waals surface area contributed by atoms with Crippen LogP contribution in [0.25, 0.3) is 11.2 Å². The predicted molar refractivity (Wildman–Crippen MR) is 63.4 cm³/mol. The number of hydrogen-bond donors (Lipinski definition) is 4. The molecule has 106 valence electrons. The van der Waals surface area contributed by atoms with Gasteiger partial charge in [0.1, 0.15) is 18.3 Å². The van der Waals surface area contributed by atoms with Crippen LogP contribution in [0, 0.1) is 0 Å². The monoisotopic (exact) mass is 316 g/mol. The van der Waals surface area contributed by atoms with Crippen LogP contribution in [0.4, 0.5) is 0 Å². The number of imidazole rings is 1. The Morgan fingerprint density at radius 3 is 2.67 bits per heavy atom. The number of aromatic nitrogens is 4. The number of ether oxygens (including phenoxy) is 1. The molecule has 1 saturated heterocycles. The van der Waals surface area contributed by atoms with Gasteiger partial charge in [0.15, 0.2) is 17.4 Å². The van der Waals surface area contributed by atoms with Crippen molar-refractivity contribution in [2.75, 3.05) is 6.61 Å². The number of hydrogen-bond acceptors (Lipinski definition) is 7. The van der Waals surface area contributed by atoms with Gasteiger partial charge in [0, 0.05) is 0 Å². The van der Waals surface area contributed by atoms with Crippen molar-refractivity contribution in [1.82, 2.24) is 19.5 Å². The molecule has 1 fully saturated rings. The molecular weight excluding hydrogens is 302 g/mol. The minimum absolute atomic E-state index is 0. The van der Waals surface area contributed by atoms with Gasteiger partial charge in [-0.25, -0.2) is 9.97 Å². The Morgan fingerprint density at radius 1 is 1.33 bits per heavy atom. The number of aromatic amines is 1. The second-order valence-electron chi connectivity index (χ2n) is 4.28. The predicted octanol–water partition coefficient (Wildman–Crippen LogP) is -8.04. The summed E-state index contributed by atoms with van der Waals surface area (Å²) in [6, 6.07) is 0. The molecule has 3 heterocycles. The minimum atomic E-state index is -1.24. The molecule has 0 bridgehead atoms. The summed E-state index contributed by atoms with van der Waals surface area (Å²) >= 11 is 0. The molecule has 0 radical (unpaired) electrons. The second kappa shape index (κ2) is 7.64. The van der Waals surface area contributed by atoms with Gasteiger partial charge in [-0.05, 0) is 0 Å². The van der Waals surface area contributed by atoms with Crippen molar-refractivity contribution in [2.45, 2.75) is 24.5 Å². The molecule has 0 aliphatic carbocycles. The molecule has 0 saturated carbocycles. The van der Waals surface area contributed by atoms with Crippen LogP contribution in [0.15, 0.2) is 17.4 Å². The quantitative estimate of drug-likeness (QED) is 0.404. The van der Waals surface area contributed by atoms with E-state index in [9.17, 15) is 15.0 Å². The molecular formula is C10H14N4Na2O5. The summed E-state index contributed by atoms with van der Waals surface area (Å²) in [5, 5.41) is 28.6. The molecule has 4 N–H and O–H groups in total. The number of nitrogens with one attached hydrogen (secondary N) is 1. The van der Waals surface area contributed by atoms with E-state index < -0.39 is 36.7 Å². The summed E-state index contributed by atoms with van der Waals surface area (Å²) in [6.07, 6.45) is -1.78. The van der Waals surface area contributed by atoms with E-state index in [2.05, 4.69) is 15.0 Å². The van der Waals surface area contributed by atoms with Crippen molar-refractivity contribution in [3.63, 3.8) is 0 Å². The first-order chi connectivity index (χ1) is 9.13. The normalized spacial score (nSPS) is 28.1. The topological polar surface area (TPSA) is 133 Å². The molecule has 0 unspecified atom stereocenters. The van der Waals surface area contributed by atoms with Crippen molar-refractivity contribution in [2.24, 2.45) is 0 Å². The second-order valence-corrected chi connectivity index (χ2v) is 4.28. The molecule has 1 aliphatic heterocycles. The third-order valence-electron chi connectivity index (χ3n) is 3.16. The fourth-order valence-corrected chi connectivity index (χ4v) is 2.16. The standard InChI is InChI=1S/C10H12N4O5.2Na.2H/c15-1-4-6(16)7(17)10(19-4)14-3-13-5-8(14)11-2-12-9(5)18;;;;/h2-4,6-7,10,15-17H,1H2,(H,11,12,18);;;;/q;2*+1;2*-1/t4-,6-,7-,10-;;;;/m1..../s1. The SMILES string of the molecule is O=c1[nH]cnc2c1ncn2[C@@H]1O[C@H](CO)[C@@H](O)[C@H]1O.[H-].[H-].[Na+].[Na+]. The Labute approximate surface area is 165 Å². The maximum atomic E-state index is 11.5. The van der Waals surface area contributed by atoms with Crippen LogP contribution in [-0.4, -0.2) is 59.8 Å². The van der Waals surface area contributed by atoms with Crippen molar-refractivity contribution >= 4 is 11.2 Å². The van der Waals surface area contributed by atoms with Gasteiger partial charge in [-0.15, -0.1) is 0 Å². The summed E-state index contributed by atoms with van der Waals surface area (Å²) in [5.74, 6) is 0. The Kier molecular flexibility index (Phi) is 7.00. The molecule has 2 aromatic rings. The maximum Gasteiger partial charge on any atom is 1.00 e. The zero-order chi connectivity index (χ0) is 13.6. The van der Waals surface area contributed by atoms with Crippen LogP contribution in [0.5, 0.6) is 0 Å². The first kappa shape index (κ1) is 19.2. The smallest absolute Gasteiger partial charge is 1.00 e. The van der Waals surface area contributed by atoms with Gasteiger partial charge in [0.05, 0.1) is 19.3 Å². The molecule has 3 rings (SSSR count). The van der Waals surface area contributed by atoms with Crippen LogP contribution in [0.1, 0.15) is 9.08 Å². The molecule has 0 amide bonds. The fraction of sp³-hybridized carbons (Fsp3) is 0.500. The van der Waals surface area contributed by atoms with Crippen molar-refractivity contribution in [1.29, 1.82) is 0 Å². The number of aliphatic hydroxyl groups is 3. The molecule has 21 heavy (non-hydrogen) atoms. The summed E-state index contributed by atoms with van der Waals surface area (Å²) in [5.41, 5.74) is -0.0608. The van der Waals surface area contributed by atoms with Crippen molar-refractivity contribution in [3.05, 3.63) is 23.0 Å². The van der Waals surface area contributed by atoms with Gasteiger partial charge in [-0.1, -0.05) is 0 Å². The van der Waals surface area contributed by atoms with E-state index in [1.165, 1.54) is 17.2 Å². The van der Waals surface area contributed by atoms with Crippen molar-refractivity contribution < 1.29 is 82.0 Å². The molecule has 4 atom stereocenters.